The van der Waals surface area contributed by atoms with Crippen LogP contribution in [0.4, 0.5) is 10.6 Å². The van der Waals surface area contributed by atoms with Gasteiger partial charge in [0, 0.05) is 58.6 Å². The number of hydrogen-bond acceptors (Lipinski definition) is 9. The van der Waals surface area contributed by atoms with E-state index in [-0.39, 0.29) is 42.7 Å². The molecule has 3 amide bonds. The average molecular weight is 591 g/mol. The maximum absolute atomic E-state index is 12.7. The van der Waals surface area contributed by atoms with Gasteiger partial charge < -0.3 is 26.0 Å². The molecular formula is C27H39ClN8O5. The number of halogens is 1. The highest BCUT2D eigenvalue weighted by Gasteiger charge is 2.49. The van der Waals surface area contributed by atoms with Crippen LogP contribution in [0.2, 0.25) is 0 Å². The lowest BCUT2D eigenvalue weighted by Gasteiger charge is -2.47. The van der Waals surface area contributed by atoms with Crippen LogP contribution in [-0.4, -0.2) is 100 Å². The Balaban J connectivity index is 0.00000462. The Kier molecular flexibility index (Phi) is 10.1. The molecule has 0 spiro atoms. The number of ether oxygens (including phenoxy) is 1. The molecule has 0 saturated carbocycles. The molecule has 14 heteroatoms. The van der Waals surface area contributed by atoms with E-state index < -0.39 is 16.6 Å². The quantitative estimate of drug-likeness (QED) is 0.368. The molecule has 0 radical (unpaired) electrons. The summed E-state index contributed by atoms with van der Waals surface area (Å²) in [6, 6.07) is 8.65. The number of benzene rings is 1. The number of nitrogens with one attached hydrogen (secondary N) is 1. The van der Waals surface area contributed by atoms with Crippen molar-refractivity contribution in [2.75, 3.05) is 57.7 Å². The summed E-state index contributed by atoms with van der Waals surface area (Å²) in [6.07, 6.45) is 1.56. The number of aromatic nitrogens is 2. The van der Waals surface area contributed by atoms with Gasteiger partial charge in [0.2, 0.25) is 5.91 Å². The van der Waals surface area contributed by atoms with Gasteiger partial charge in [-0.25, -0.2) is 9.59 Å². The molecule has 1 aromatic carbocycles. The van der Waals surface area contributed by atoms with Crippen molar-refractivity contribution in [2.45, 2.75) is 32.9 Å². The highest BCUT2D eigenvalue weighted by Crippen LogP contribution is 2.32. The Labute approximate surface area is 245 Å². The smallest absolute Gasteiger partial charge is 0.354 e. The summed E-state index contributed by atoms with van der Waals surface area (Å²) >= 11 is 0. The molecule has 0 atom stereocenters. The molecule has 224 valence electrons. The standard InChI is InChI=1S/C27H38N8O5.ClH/c1-4-40-23(37)27(16-28)17-32(18-27)15-19-5-7-20(8-6-19)35-10-9-21(31-25(35)39)30-24(38)34-13-11-33(12-14-34)22(36)26(2,3)29;/h5-10H,4,11-18,28-29H2,1-3H3,(H,30,31,38,39);1H. The first-order chi connectivity index (χ1) is 19.0. The van der Waals surface area contributed by atoms with Crippen molar-refractivity contribution in [3.8, 4) is 5.69 Å². The fourth-order valence-electron chi connectivity index (χ4n) is 4.95. The summed E-state index contributed by atoms with van der Waals surface area (Å²) in [4.78, 5) is 59.3. The van der Waals surface area contributed by atoms with Gasteiger partial charge >= 0.3 is 17.7 Å². The van der Waals surface area contributed by atoms with Gasteiger partial charge in [0.05, 0.1) is 17.8 Å². The molecule has 5 N–H and O–H groups in total. The number of amides is 3. The second-order valence-corrected chi connectivity index (χ2v) is 10.9. The van der Waals surface area contributed by atoms with Gasteiger partial charge in [-0.3, -0.25) is 24.4 Å². The fraction of sp³-hybridized carbons (Fsp3) is 0.519. The topological polar surface area (TPSA) is 169 Å². The van der Waals surface area contributed by atoms with Gasteiger partial charge in [0.25, 0.3) is 0 Å². The van der Waals surface area contributed by atoms with Crippen LogP contribution in [0.1, 0.15) is 26.3 Å². The minimum absolute atomic E-state index is 0. The molecule has 2 saturated heterocycles. The maximum atomic E-state index is 12.7. The van der Waals surface area contributed by atoms with Crippen LogP contribution in [0.15, 0.2) is 41.3 Å². The second-order valence-electron chi connectivity index (χ2n) is 10.9. The Morgan fingerprint density at radius 3 is 2.20 bits per heavy atom. The number of anilines is 1. The van der Waals surface area contributed by atoms with Crippen molar-refractivity contribution in [2.24, 2.45) is 16.9 Å². The molecule has 2 aromatic rings. The minimum Gasteiger partial charge on any atom is -0.465 e. The number of carbonyl (C=O) groups is 3. The number of rotatable bonds is 8. The lowest BCUT2D eigenvalue weighted by molar-refractivity contribution is -0.166. The number of hydrogen-bond donors (Lipinski definition) is 3. The van der Waals surface area contributed by atoms with Crippen LogP contribution < -0.4 is 22.5 Å². The zero-order valence-electron chi connectivity index (χ0n) is 23.7. The normalized spacial score (nSPS) is 16.8. The molecule has 1 aromatic heterocycles. The Morgan fingerprint density at radius 2 is 1.66 bits per heavy atom. The van der Waals surface area contributed by atoms with Gasteiger partial charge in [-0.15, -0.1) is 12.4 Å². The third-order valence-electron chi connectivity index (χ3n) is 7.22. The SMILES string of the molecule is CCOC(=O)C1(CN)CN(Cc2ccc(-n3ccc(NC(=O)N4CCN(C(=O)C(C)(C)N)CC4)nc3=O)cc2)C1.Cl. The molecule has 4 rings (SSSR count). The summed E-state index contributed by atoms with van der Waals surface area (Å²) in [5, 5.41) is 2.66. The van der Waals surface area contributed by atoms with Crippen molar-refractivity contribution in [1.82, 2.24) is 24.3 Å². The second kappa shape index (κ2) is 13.0. The summed E-state index contributed by atoms with van der Waals surface area (Å²) in [7, 11) is 0. The Bertz CT molecular complexity index is 1300. The first-order valence-electron chi connectivity index (χ1n) is 13.4. The zero-order valence-corrected chi connectivity index (χ0v) is 24.5. The third-order valence-corrected chi connectivity index (χ3v) is 7.22. The summed E-state index contributed by atoms with van der Waals surface area (Å²) < 4.78 is 6.56. The van der Waals surface area contributed by atoms with Crippen LogP contribution in [0.3, 0.4) is 0 Å². The van der Waals surface area contributed by atoms with Gasteiger partial charge in [-0.2, -0.15) is 4.98 Å². The van der Waals surface area contributed by atoms with Crippen molar-refractivity contribution >= 4 is 36.1 Å². The van der Waals surface area contributed by atoms with E-state index in [1.54, 1.807) is 42.8 Å². The molecule has 2 aliphatic heterocycles. The largest absolute Gasteiger partial charge is 0.465 e. The highest BCUT2D eigenvalue weighted by atomic mass is 35.5. The van der Waals surface area contributed by atoms with Crippen LogP contribution in [0, 0.1) is 5.41 Å². The Morgan fingerprint density at radius 1 is 1.05 bits per heavy atom. The average Bonchev–Trinajstić information content (AvgIpc) is 2.90. The van der Waals surface area contributed by atoms with Crippen LogP contribution >= 0.6 is 12.4 Å². The first kappa shape index (κ1) is 32.0. The zero-order chi connectivity index (χ0) is 29.1. The number of nitrogens with zero attached hydrogens (tertiary/aromatic N) is 5. The van der Waals surface area contributed by atoms with E-state index in [1.165, 1.54) is 4.57 Å². The van der Waals surface area contributed by atoms with E-state index >= 15 is 0 Å². The summed E-state index contributed by atoms with van der Waals surface area (Å²) in [5.74, 6) is -0.261. The molecule has 3 heterocycles. The predicted molar refractivity (Wildman–Crippen MR) is 156 cm³/mol. The molecular weight excluding hydrogens is 552 g/mol. The summed E-state index contributed by atoms with van der Waals surface area (Å²) in [6.45, 7) is 8.88. The fourth-order valence-corrected chi connectivity index (χ4v) is 4.95. The van der Waals surface area contributed by atoms with E-state index in [9.17, 15) is 19.2 Å². The molecule has 0 unspecified atom stereocenters. The molecule has 13 nitrogen and oxygen atoms in total. The van der Waals surface area contributed by atoms with Crippen molar-refractivity contribution < 1.29 is 19.1 Å². The number of esters is 1. The number of likely N-dealkylation sites (tertiary alicyclic amines) is 1. The monoisotopic (exact) mass is 590 g/mol. The molecule has 0 aliphatic carbocycles. The van der Waals surface area contributed by atoms with Crippen molar-refractivity contribution in [3.05, 3.63) is 52.6 Å². The molecule has 2 fully saturated rings. The minimum atomic E-state index is -0.962. The third kappa shape index (κ3) is 7.22. The number of urea groups is 1. The van der Waals surface area contributed by atoms with E-state index in [0.717, 1.165) is 5.56 Å². The van der Waals surface area contributed by atoms with Gasteiger partial charge in [-0.05, 0) is 44.5 Å². The molecule has 41 heavy (non-hydrogen) atoms. The highest BCUT2D eigenvalue weighted by molar-refractivity contribution is 5.89. The number of nitrogens with two attached hydrogens (primary N) is 2. The lowest BCUT2D eigenvalue weighted by Crippen LogP contribution is -2.63. The van der Waals surface area contributed by atoms with E-state index in [0.29, 0.717) is 58.1 Å². The Hall–Kier alpha value is -3.52. The molecule has 2 aliphatic rings. The van der Waals surface area contributed by atoms with Crippen molar-refractivity contribution in [3.63, 3.8) is 0 Å². The predicted octanol–water partition coefficient (Wildman–Crippen LogP) is 0.392. The van der Waals surface area contributed by atoms with Crippen LogP contribution in [0.5, 0.6) is 0 Å². The number of carbonyl (C=O) groups excluding carboxylic acids is 3. The van der Waals surface area contributed by atoms with E-state index in [4.69, 9.17) is 16.2 Å². The first-order valence-corrected chi connectivity index (χ1v) is 13.4. The van der Waals surface area contributed by atoms with Gasteiger partial charge in [-0.1, -0.05) is 12.1 Å². The summed E-state index contributed by atoms with van der Waals surface area (Å²) in [5.41, 5.74) is 11.3. The van der Waals surface area contributed by atoms with Crippen LogP contribution in [0.25, 0.3) is 5.69 Å². The lowest BCUT2D eigenvalue weighted by atomic mass is 9.79. The van der Waals surface area contributed by atoms with Crippen molar-refractivity contribution in [1.29, 1.82) is 0 Å². The maximum Gasteiger partial charge on any atom is 0.354 e. The van der Waals surface area contributed by atoms with Gasteiger partial charge in [0.15, 0.2) is 0 Å². The molecule has 0 bridgehead atoms. The van der Waals surface area contributed by atoms with Crippen LogP contribution in [-0.2, 0) is 20.9 Å². The van der Waals surface area contributed by atoms with E-state index in [1.807, 2.05) is 24.3 Å². The number of piperazine rings is 1. The van der Waals surface area contributed by atoms with Gasteiger partial charge in [0.1, 0.15) is 11.2 Å². The van der Waals surface area contributed by atoms with E-state index in [2.05, 4.69) is 15.2 Å².